The normalized spacial score (nSPS) is 14.6. The average molecular weight is 335 g/mol. The molecule has 1 aromatic carbocycles. The Hall–Kier alpha value is -1.27. The number of hydrogen-bond donors (Lipinski definition) is 0. The zero-order valence-corrected chi connectivity index (χ0v) is 11.5. The van der Waals surface area contributed by atoms with Gasteiger partial charge >= 0.3 is 6.09 Å². The van der Waals surface area contributed by atoms with Crippen molar-refractivity contribution in [1.82, 2.24) is 4.90 Å². The SMILES string of the molecule is O=C(COc1ccc(Cl)cc1Br)N1CCOC1=O. The number of rotatable bonds is 3. The zero-order chi connectivity index (χ0) is 13.1. The minimum Gasteiger partial charge on any atom is -0.483 e. The summed E-state index contributed by atoms with van der Waals surface area (Å²) in [7, 11) is 0. The first-order valence-corrected chi connectivity index (χ1v) is 6.30. The molecule has 1 fully saturated rings. The third-order valence-corrected chi connectivity index (χ3v) is 3.16. The molecule has 0 saturated carbocycles. The molecule has 1 saturated heterocycles. The van der Waals surface area contributed by atoms with E-state index in [0.717, 1.165) is 4.90 Å². The minimum atomic E-state index is -0.626. The second-order valence-electron chi connectivity index (χ2n) is 3.52. The van der Waals surface area contributed by atoms with Crippen molar-refractivity contribution in [3.05, 3.63) is 27.7 Å². The molecular weight excluding hydrogens is 325 g/mol. The van der Waals surface area contributed by atoms with E-state index >= 15 is 0 Å². The maximum Gasteiger partial charge on any atom is 0.416 e. The summed E-state index contributed by atoms with van der Waals surface area (Å²) >= 11 is 9.05. The van der Waals surface area contributed by atoms with E-state index in [1.807, 2.05) is 0 Å². The van der Waals surface area contributed by atoms with Crippen molar-refractivity contribution < 1.29 is 19.1 Å². The first-order chi connectivity index (χ1) is 8.58. The van der Waals surface area contributed by atoms with Gasteiger partial charge in [0.15, 0.2) is 6.61 Å². The second-order valence-corrected chi connectivity index (χ2v) is 4.81. The van der Waals surface area contributed by atoms with Crippen molar-refractivity contribution >= 4 is 39.5 Å². The predicted molar refractivity (Wildman–Crippen MR) is 67.7 cm³/mol. The third kappa shape index (κ3) is 2.94. The molecule has 0 aromatic heterocycles. The van der Waals surface area contributed by atoms with Gasteiger partial charge in [-0.2, -0.15) is 0 Å². The van der Waals surface area contributed by atoms with Crippen molar-refractivity contribution in [1.29, 1.82) is 0 Å². The molecule has 0 bridgehead atoms. The number of carbonyl (C=O) groups excluding carboxylic acids is 2. The molecule has 0 aliphatic carbocycles. The first kappa shape index (κ1) is 13.2. The summed E-state index contributed by atoms with van der Waals surface area (Å²) in [6, 6.07) is 4.95. The Kier molecular flexibility index (Phi) is 4.08. The second kappa shape index (κ2) is 5.58. The Morgan fingerprint density at radius 3 is 2.94 bits per heavy atom. The first-order valence-electron chi connectivity index (χ1n) is 5.13. The highest BCUT2D eigenvalue weighted by Crippen LogP contribution is 2.27. The minimum absolute atomic E-state index is 0.227. The summed E-state index contributed by atoms with van der Waals surface area (Å²) in [4.78, 5) is 23.8. The summed E-state index contributed by atoms with van der Waals surface area (Å²) in [5, 5.41) is 0.559. The van der Waals surface area contributed by atoms with Crippen molar-refractivity contribution in [3.63, 3.8) is 0 Å². The van der Waals surface area contributed by atoms with Crippen LogP contribution in [0.5, 0.6) is 5.75 Å². The van der Waals surface area contributed by atoms with Crippen LogP contribution < -0.4 is 4.74 Å². The fourth-order valence-electron chi connectivity index (χ4n) is 1.43. The number of cyclic esters (lactones) is 1. The van der Waals surface area contributed by atoms with Gasteiger partial charge in [0.05, 0.1) is 11.0 Å². The van der Waals surface area contributed by atoms with Crippen LogP contribution in [0.2, 0.25) is 5.02 Å². The molecule has 18 heavy (non-hydrogen) atoms. The van der Waals surface area contributed by atoms with E-state index in [2.05, 4.69) is 20.7 Å². The Morgan fingerprint density at radius 1 is 1.56 bits per heavy atom. The van der Waals surface area contributed by atoms with E-state index in [0.29, 0.717) is 15.2 Å². The van der Waals surface area contributed by atoms with Crippen molar-refractivity contribution in [2.45, 2.75) is 0 Å². The summed E-state index contributed by atoms with van der Waals surface area (Å²) in [6.45, 7) is 0.271. The van der Waals surface area contributed by atoms with Gasteiger partial charge in [-0.15, -0.1) is 0 Å². The predicted octanol–water partition coefficient (Wildman–Crippen LogP) is 2.46. The van der Waals surface area contributed by atoms with Gasteiger partial charge in [-0.25, -0.2) is 9.69 Å². The fourth-order valence-corrected chi connectivity index (χ4v) is 2.23. The lowest BCUT2D eigenvalue weighted by Crippen LogP contribution is -2.35. The van der Waals surface area contributed by atoms with Crippen LogP contribution in [-0.4, -0.2) is 36.7 Å². The van der Waals surface area contributed by atoms with Crippen molar-refractivity contribution in [2.75, 3.05) is 19.8 Å². The number of carbonyl (C=O) groups is 2. The van der Waals surface area contributed by atoms with Gasteiger partial charge in [-0.3, -0.25) is 4.79 Å². The molecule has 2 amide bonds. The maximum atomic E-state index is 11.7. The standard InChI is InChI=1S/C11H9BrClNO4/c12-8-5-7(13)1-2-9(8)18-6-10(15)14-3-4-17-11(14)16/h1-2,5H,3-4,6H2. The van der Waals surface area contributed by atoms with Gasteiger partial charge in [0, 0.05) is 5.02 Å². The van der Waals surface area contributed by atoms with Gasteiger partial charge in [-0.1, -0.05) is 11.6 Å². The van der Waals surface area contributed by atoms with Crippen LogP contribution in [0.25, 0.3) is 0 Å². The van der Waals surface area contributed by atoms with E-state index in [4.69, 9.17) is 16.3 Å². The van der Waals surface area contributed by atoms with Crippen molar-refractivity contribution in [2.24, 2.45) is 0 Å². The fraction of sp³-hybridized carbons (Fsp3) is 0.273. The summed E-state index contributed by atoms with van der Waals surface area (Å²) in [6.07, 6.45) is -0.626. The molecule has 0 unspecified atom stereocenters. The maximum absolute atomic E-state index is 11.7. The van der Waals surface area contributed by atoms with Crippen LogP contribution >= 0.6 is 27.5 Å². The lowest BCUT2D eigenvalue weighted by atomic mass is 10.3. The highest BCUT2D eigenvalue weighted by atomic mass is 79.9. The number of imide groups is 1. The van der Waals surface area contributed by atoms with Gasteiger partial charge in [0.1, 0.15) is 12.4 Å². The highest BCUT2D eigenvalue weighted by molar-refractivity contribution is 9.10. The van der Waals surface area contributed by atoms with Gasteiger partial charge in [0.2, 0.25) is 0 Å². The molecule has 1 aromatic rings. The Morgan fingerprint density at radius 2 is 2.33 bits per heavy atom. The lowest BCUT2D eigenvalue weighted by molar-refractivity contribution is -0.129. The molecular formula is C11H9BrClNO4. The molecule has 1 aliphatic heterocycles. The van der Waals surface area contributed by atoms with Crippen LogP contribution in [0.4, 0.5) is 4.79 Å². The Bertz CT molecular complexity index is 494. The smallest absolute Gasteiger partial charge is 0.416 e. The summed E-state index contributed by atoms with van der Waals surface area (Å²) in [5.74, 6) is 0.0552. The summed E-state index contributed by atoms with van der Waals surface area (Å²) < 4.78 is 10.6. The largest absolute Gasteiger partial charge is 0.483 e. The Balaban J connectivity index is 1.95. The number of amides is 2. The Labute approximate surface area is 117 Å². The molecule has 0 spiro atoms. The number of benzene rings is 1. The van der Waals surface area contributed by atoms with Crippen LogP contribution in [-0.2, 0) is 9.53 Å². The van der Waals surface area contributed by atoms with Crippen LogP contribution in [0.3, 0.4) is 0 Å². The molecule has 7 heteroatoms. The molecule has 0 radical (unpaired) electrons. The molecule has 1 aliphatic rings. The quantitative estimate of drug-likeness (QED) is 0.852. The van der Waals surface area contributed by atoms with Gasteiger partial charge < -0.3 is 9.47 Å². The molecule has 0 N–H and O–H groups in total. The topological polar surface area (TPSA) is 55.8 Å². The van der Waals surface area contributed by atoms with E-state index in [1.165, 1.54) is 0 Å². The highest BCUT2D eigenvalue weighted by Gasteiger charge is 2.28. The molecule has 2 rings (SSSR count). The van der Waals surface area contributed by atoms with Crippen molar-refractivity contribution in [3.8, 4) is 5.75 Å². The molecule has 0 atom stereocenters. The zero-order valence-electron chi connectivity index (χ0n) is 9.19. The number of hydrogen-bond acceptors (Lipinski definition) is 4. The molecule has 96 valence electrons. The third-order valence-electron chi connectivity index (χ3n) is 2.31. The summed E-state index contributed by atoms with van der Waals surface area (Å²) in [5.41, 5.74) is 0. The lowest BCUT2D eigenvalue weighted by Gasteiger charge is -2.12. The van der Waals surface area contributed by atoms with Crippen LogP contribution in [0, 0.1) is 0 Å². The number of ether oxygens (including phenoxy) is 2. The average Bonchev–Trinajstić information content (AvgIpc) is 2.74. The van der Waals surface area contributed by atoms with E-state index in [9.17, 15) is 9.59 Å². The van der Waals surface area contributed by atoms with E-state index in [1.54, 1.807) is 18.2 Å². The number of halogens is 2. The molecule has 1 heterocycles. The van der Waals surface area contributed by atoms with E-state index in [-0.39, 0.29) is 19.8 Å². The monoisotopic (exact) mass is 333 g/mol. The van der Waals surface area contributed by atoms with Gasteiger partial charge in [0.25, 0.3) is 5.91 Å². The van der Waals surface area contributed by atoms with E-state index < -0.39 is 12.0 Å². The molecule has 5 nitrogen and oxygen atoms in total. The number of nitrogens with zero attached hydrogens (tertiary/aromatic N) is 1. The van der Waals surface area contributed by atoms with Crippen LogP contribution in [0.1, 0.15) is 0 Å². The van der Waals surface area contributed by atoms with Crippen LogP contribution in [0.15, 0.2) is 22.7 Å². The van der Waals surface area contributed by atoms with Gasteiger partial charge in [-0.05, 0) is 34.1 Å².